The summed E-state index contributed by atoms with van der Waals surface area (Å²) in [5.74, 6) is -0.0690. The van der Waals surface area contributed by atoms with Crippen molar-refractivity contribution in [2.75, 3.05) is 6.54 Å². The highest BCUT2D eigenvalue weighted by Crippen LogP contribution is 2.04. The zero-order valence-electron chi connectivity index (χ0n) is 11.6. The lowest BCUT2D eigenvalue weighted by Gasteiger charge is -2.17. The number of carbonyl (C=O) groups is 1. The average Bonchev–Trinajstić information content (AvgIpc) is 2.39. The average molecular weight is 263 g/mol. The Bertz CT molecular complexity index is 367. The third kappa shape index (κ3) is 6.36. The van der Waals surface area contributed by atoms with Crippen LogP contribution in [0.3, 0.4) is 0 Å². The van der Waals surface area contributed by atoms with Crippen LogP contribution in [-0.4, -0.2) is 24.5 Å². The molecule has 1 aromatic rings. The fourth-order valence-corrected chi connectivity index (χ4v) is 2.01. The first-order valence-corrected chi connectivity index (χ1v) is 6.93. The molecule has 1 aromatic carbocycles. The summed E-state index contributed by atoms with van der Waals surface area (Å²) in [6, 6.07) is 9.78. The van der Waals surface area contributed by atoms with Gasteiger partial charge < -0.3 is 16.8 Å². The SMILES string of the molecule is C[C@@H](Cc1ccccc1)NC(=O)C(N)CCCCN. The summed E-state index contributed by atoms with van der Waals surface area (Å²) in [5.41, 5.74) is 12.5. The summed E-state index contributed by atoms with van der Waals surface area (Å²) in [4.78, 5) is 11.9. The summed E-state index contributed by atoms with van der Waals surface area (Å²) in [7, 11) is 0. The third-order valence-electron chi connectivity index (χ3n) is 3.08. The van der Waals surface area contributed by atoms with Gasteiger partial charge in [0.25, 0.3) is 0 Å². The van der Waals surface area contributed by atoms with Gasteiger partial charge >= 0.3 is 0 Å². The summed E-state index contributed by atoms with van der Waals surface area (Å²) in [6.45, 7) is 2.65. The Balaban J connectivity index is 2.31. The minimum atomic E-state index is -0.426. The van der Waals surface area contributed by atoms with Crippen molar-refractivity contribution >= 4 is 5.91 Å². The van der Waals surface area contributed by atoms with E-state index in [1.807, 2.05) is 25.1 Å². The standard InChI is InChI=1S/C15H25N3O/c1-12(11-13-7-3-2-4-8-13)18-15(19)14(17)9-5-6-10-16/h2-4,7-8,12,14H,5-6,9-11,16-17H2,1H3,(H,18,19)/t12-,14?/m0/s1. The maximum absolute atomic E-state index is 11.9. The van der Waals surface area contributed by atoms with E-state index in [9.17, 15) is 4.79 Å². The highest BCUT2D eigenvalue weighted by atomic mass is 16.2. The van der Waals surface area contributed by atoms with E-state index in [-0.39, 0.29) is 11.9 Å². The molecule has 1 amide bonds. The second-order valence-corrected chi connectivity index (χ2v) is 4.99. The van der Waals surface area contributed by atoms with Gasteiger partial charge in [-0.25, -0.2) is 0 Å². The number of hydrogen-bond donors (Lipinski definition) is 3. The Kier molecular flexibility index (Phi) is 7.15. The van der Waals surface area contributed by atoms with Gasteiger partial charge in [-0.1, -0.05) is 36.8 Å². The molecule has 0 spiro atoms. The van der Waals surface area contributed by atoms with E-state index in [0.29, 0.717) is 13.0 Å². The minimum Gasteiger partial charge on any atom is -0.352 e. The van der Waals surface area contributed by atoms with E-state index in [4.69, 9.17) is 11.5 Å². The molecule has 2 atom stereocenters. The Morgan fingerprint density at radius 3 is 2.58 bits per heavy atom. The predicted octanol–water partition coefficient (Wildman–Crippen LogP) is 1.19. The highest BCUT2D eigenvalue weighted by Gasteiger charge is 2.15. The van der Waals surface area contributed by atoms with Gasteiger partial charge in [0.05, 0.1) is 6.04 Å². The number of hydrogen-bond acceptors (Lipinski definition) is 3. The molecule has 0 saturated carbocycles. The molecule has 0 saturated heterocycles. The molecular formula is C15H25N3O. The van der Waals surface area contributed by atoms with E-state index >= 15 is 0 Å². The topological polar surface area (TPSA) is 81.1 Å². The molecule has 1 rings (SSSR count). The lowest BCUT2D eigenvalue weighted by Crippen LogP contribution is -2.45. The third-order valence-corrected chi connectivity index (χ3v) is 3.08. The zero-order chi connectivity index (χ0) is 14.1. The molecule has 0 radical (unpaired) electrons. The Labute approximate surface area is 115 Å². The van der Waals surface area contributed by atoms with Crippen LogP contribution in [0.15, 0.2) is 30.3 Å². The van der Waals surface area contributed by atoms with Crippen molar-refractivity contribution in [2.45, 2.75) is 44.7 Å². The summed E-state index contributed by atoms with van der Waals surface area (Å²) < 4.78 is 0. The van der Waals surface area contributed by atoms with Crippen molar-refractivity contribution < 1.29 is 4.79 Å². The van der Waals surface area contributed by atoms with Crippen LogP contribution < -0.4 is 16.8 Å². The van der Waals surface area contributed by atoms with Crippen LogP contribution in [0.1, 0.15) is 31.7 Å². The molecule has 19 heavy (non-hydrogen) atoms. The van der Waals surface area contributed by atoms with E-state index in [1.54, 1.807) is 0 Å². The first kappa shape index (κ1) is 15.7. The lowest BCUT2D eigenvalue weighted by molar-refractivity contribution is -0.123. The summed E-state index contributed by atoms with van der Waals surface area (Å²) in [6.07, 6.45) is 3.34. The van der Waals surface area contributed by atoms with E-state index in [0.717, 1.165) is 19.3 Å². The number of nitrogens with one attached hydrogen (secondary N) is 1. The van der Waals surface area contributed by atoms with E-state index in [1.165, 1.54) is 5.56 Å². The van der Waals surface area contributed by atoms with Crippen LogP contribution in [0.25, 0.3) is 0 Å². The van der Waals surface area contributed by atoms with Crippen LogP contribution in [0.4, 0.5) is 0 Å². The number of nitrogens with two attached hydrogens (primary N) is 2. The molecule has 0 fully saturated rings. The number of amides is 1. The number of carbonyl (C=O) groups excluding carboxylic acids is 1. The van der Waals surface area contributed by atoms with Gasteiger partial charge in [0.15, 0.2) is 0 Å². The van der Waals surface area contributed by atoms with E-state index < -0.39 is 6.04 Å². The molecule has 0 bridgehead atoms. The van der Waals surface area contributed by atoms with Crippen LogP contribution in [0, 0.1) is 0 Å². The molecule has 0 aliphatic carbocycles. The largest absolute Gasteiger partial charge is 0.352 e. The van der Waals surface area contributed by atoms with Gasteiger partial charge in [-0.05, 0) is 38.3 Å². The van der Waals surface area contributed by atoms with Crippen LogP contribution >= 0.6 is 0 Å². The smallest absolute Gasteiger partial charge is 0.237 e. The lowest BCUT2D eigenvalue weighted by atomic mass is 10.1. The van der Waals surface area contributed by atoms with Gasteiger partial charge in [0, 0.05) is 6.04 Å². The second kappa shape index (κ2) is 8.67. The minimum absolute atomic E-state index is 0.0690. The van der Waals surface area contributed by atoms with Crippen molar-refractivity contribution in [2.24, 2.45) is 11.5 Å². The summed E-state index contributed by atoms with van der Waals surface area (Å²) in [5, 5.41) is 2.96. The van der Waals surface area contributed by atoms with Crippen LogP contribution in [0.2, 0.25) is 0 Å². The molecule has 4 nitrogen and oxygen atoms in total. The fourth-order valence-electron chi connectivity index (χ4n) is 2.01. The van der Waals surface area contributed by atoms with Crippen molar-refractivity contribution in [3.63, 3.8) is 0 Å². The van der Waals surface area contributed by atoms with Gasteiger partial charge in [-0.15, -0.1) is 0 Å². The van der Waals surface area contributed by atoms with Gasteiger partial charge in [0.2, 0.25) is 5.91 Å². The number of benzene rings is 1. The highest BCUT2D eigenvalue weighted by molar-refractivity contribution is 5.81. The maximum Gasteiger partial charge on any atom is 0.237 e. The monoisotopic (exact) mass is 263 g/mol. The zero-order valence-corrected chi connectivity index (χ0v) is 11.6. The first-order chi connectivity index (χ1) is 9.13. The van der Waals surface area contributed by atoms with E-state index in [2.05, 4.69) is 17.4 Å². The molecule has 4 heteroatoms. The fraction of sp³-hybridized carbons (Fsp3) is 0.533. The molecule has 0 aromatic heterocycles. The molecule has 0 aliphatic rings. The van der Waals surface area contributed by atoms with Crippen LogP contribution in [-0.2, 0) is 11.2 Å². The Hall–Kier alpha value is -1.39. The predicted molar refractivity (Wildman–Crippen MR) is 78.6 cm³/mol. The van der Waals surface area contributed by atoms with Crippen molar-refractivity contribution in [1.29, 1.82) is 0 Å². The molecule has 5 N–H and O–H groups in total. The number of rotatable bonds is 8. The van der Waals surface area contributed by atoms with Gasteiger partial charge in [-0.3, -0.25) is 4.79 Å². The van der Waals surface area contributed by atoms with Gasteiger partial charge in [-0.2, -0.15) is 0 Å². The quantitative estimate of drug-likeness (QED) is 0.616. The molecule has 0 aliphatic heterocycles. The molecule has 0 heterocycles. The van der Waals surface area contributed by atoms with Crippen molar-refractivity contribution in [3.8, 4) is 0 Å². The molecule has 1 unspecified atom stereocenters. The van der Waals surface area contributed by atoms with Crippen molar-refractivity contribution in [1.82, 2.24) is 5.32 Å². The molecular weight excluding hydrogens is 238 g/mol. The summed E-state index contributed by atoms with van der Waals surface area (Å²) >= 11 is 0. The van der Waals surface area contributed by atoms with Gasteiger partial charge in [0.1, 0.15) is 0 Å². The maximum atomic E-state index is 11.9. The second-order valence-electron chi connectivity index (χ2n) is 4.99. The first-order valence-electron chi connectivity index (χ1n) is 6.93. The Morgan fingerprint density at radius 1 is 1.26 bits per heavy atom. The van der Waals surface area contributed by atoms with Crippen molar-refractivity contribution in [3.05, 3.63) is 35.9 Å². The molecule has 106 valence electrons. The number of unbranched alkanes of at least 4 members (excludes halogenated alkanes) is 1. The van der Waals surface area contributed by atoms with Crippen LogP contribution in [0.5, 0.6) is 0 Å². The normalized spacial score (nSPS) is 13.8. The Morgan fingerprint density at radius 2 is 1.95 bits per heavy atom.